The summed E-state index contributed by atoms with van der Waals surface area (Å²) in [6.45, 7) is 2.45. The molecule has 2 rings (SSSR count). The maximum Gasteiger partial charge on any atom is 0.257 e. The zero-order valence-electron chi connectivity index (χ0n) is 16.7. The smallest absolute Gasteiger partial charge is 0.257 e. The first-order chi connectivity index (χ1) is 13.9. The van der Waals surface area contributed by atoms with Crippen molar-refractivity contribution in [2.45, 2.75) is 18.2 Å². The van der Waals surface area contributed by atoms with E-state index >= 15 is 0 Å². The van der Waals surface area contributed by atoms with Gasteiger partial charge in [0.25, 0.3) is 5.91 Å². The van der Waals surface area contributed by atoms with Gasteiger partial charge in [-0.15, -0.1) is 0 Å². The minimum Gasteiger partial charge on any atom is -0.493 e. The van der Waals surface area contributed by atoms with Crippen LogP contribution < -0.4 is 24.2 Å². The number of hydrogen-bond donors (Lipinski definition) is 2. The number of benzene rings is 2. The van der Waals surface area contributed by atoms with Gasteiger partial charge in [0.2, 0.25) is 10.0 Å². The molecule has 2 aromatic carbocycles. The highest BCUT2D eigenvalue weighted by atomic mass is 32.2. The molecule has 0 bridgehead atoms. The first kappa shape index (κ1) is 22.5. The van der Waals surface area contributed by atoms with Gasteiger partial charge in [-0.3, -0.25) is 4.79 Å². The Morgan fingerprint density at radius 2 is 1.69 bits per heavy atom. The number of nitrogens with one attached hydrogen (secondary N) is 2. The number of rotatable bonds is 11. The van der Waals surface area contributed by atoms with Gasteiger partial charge in [0.1, 0.15) is 5.75 Å². The number of likely N-dealkylation sites (N-methyl/N-ethyl adjacent to an activating group) is 1. The van der Waals surface area contributed by atoms with Crippen molar-refractivity contribution in [3.05, 3.63) is 48.0 Å². The molecule has 2 aromatic rings. The van der Waals surface area contributed by atoms with Gasteiger partial charge < -0.3 is 19.5 Å². The zero-order valence-corrected chi connectivity index (χ0v) is 17.5. The Balaban J connectivity index is 1.91. The number of ether oxygens (including phenoxy) is 3. The highest BCUT2D eigenvalue weighted by Gasteiger charge is 2.14. The number of carbonyl (C=O) groups is 1. The van der Waals surface area contributed by atoms with Gasteiger partial charge in [-0.05, 0) is 55.3 Å². The molecule has 0 fully saturated rings. The van der Waals surface area contributed by atoms with E-state index in [2.05, 4.69) is 10.0 Å². The van der Waals surface area contributed by atoms with Gasteiger partial charge >= 0.3 is 0 Å². The van der Waals surface area contributed by atoms with E-state index in [4.69, 9.17) is 14.2 Å². The zero-order chi connectivity index (χ0) is 21.3. The van der Waals surface area contributed by atoms with Crippen LogP contribution in [0.4, 0.5) is 0 Å². The number of amides is 1. The average molecular weight is 423 g/mol. The molecule has 1 amide bonds. The Morgan fingerprint density at radius 1 is 1.00 bits per heavy atom. The lowest BCUT2D eigenvalue weighted by Gasteiger charge is -2.11. The van der Waals surface area contributed by atoms with Gasteiger partial charge in [-0.1, -0.05) is 6.07 Å². The molecule has 158 valence electrons. The van der Waals surface area contributed by atoms with Crippen LogP contribution in [0.5, 0.6) is 17.2 Å². The van der Waals surface area contributed by atoms with Crippen molar-refractivity contribution in [1.82, 2.24) is 10.0 Å². The molecule has 0 unspecified atom stereocenters. The summed E-state index contributed by atoms with van der Waals surface area (Å²) in [5.41, 5.74) is 0.916. The maximum absolute atomic E-state index is 12.4. The quantitative estimate of drug-likeness (QED) is 0.572. The Bertz CT molecular complexity index is 913. The molecule has 0 heterocycles. The monoisotopic (exact) mass is 422 g/mol. The van der Waals surface area contributed by atoms with Crippen LogP contribution in [-0.2, 0) is 21.2 Å². The first-order valence-corrected chi connectivity index (χ1v) is 10.6. The Labute approximate surface area is 171 Å². The SMILES string of the molecule is CCNC(=O)COc1ccc(S(=O)(=O)NCCc2ccc(OC)c(OC)c2)cc1. The summed E-state index contributed by atoms with van der Waals surface area (Å²) in [5, 5.41) is 2.62. The summed E-state index contributed by atoms with van der Waals surface area (Å²) in [6, 6.07) is 11.4. The van der Waals surface area contributed by atoms with Crippen LogP contribution in [0.25, 0.3) is 0 Å². The molecule has 8 nitrogen and oxygen atoms in total. The van der Waals surface area contributed by atoms with E-state index in [0.29, 0.717) is 30.2 Å². The molecule has 2 N–H and O–H groups in total. The lowest BCUT2D eigenvalue weighted by atomic mass is 10.1. The van der Waals surface area contributed by atoms with E-state index in [1.165, 1.54) is 24.3 Å². The molecule has 29 heavy (non-hydrogen) atoms. The van der Waals surface area contributed by atoms with Crippen LogP contribution in [0.2, 0.25) is 0 Å². The molecule has 0 saturated heterocycles. The topological polar surface area (TPSA) is 103 Å². The third-order valence-electron chi connectivity index (χ3n) is 4.03. The fraction of sp³-hybridized carbons (Fsp3) is 0.350. The molecule has 0 saturated carbocycles. The molecular formula is C20H26N2O6S. The number of carbonyl (C=O) groups excluding carboxylic acids is 1. The summed E-state index contributed by atoms with van der Waals surface area (Å²) in [5.74, 6) is 1.39. The normalized spacial score (nSPS) is 11.0. The molecule has 0 aromatic heterocycles. The lowest BCUT2D eigenvalue weighted by molar-refractivity contribution is -0.122. The van der Waals surface area contributed by atoms with Crippen molar-refractivity contribution < 1.29 is 27.4 Å². The first-order valence-electron chi connectivity index (χ1n) is 9.09. The molecule has 0 aliphatic heterocycles. The molecule has 0 radical (unpaired) electrons. The lowest BCUT2D eigenvalue weighted by Crippen LogP contribution is -2.28. The predicted molar refractivity (Wildman–Crippen MR) is 109 cm³/mol. The van der Waals surface area contributed by atoms with Crippen LogP contribution in [0.15, 0.2) is 47.4 Å². The second-order valence-electron chi connectivity index (χ2n) is 6.05. The molecular weight excluding hydrogens is 396 g/mol. The summed E-state index contributed by atoms with van der Waals surface area (Å²) in [4.78, 5) is 11.5. The Kier molecular flexibility index (Phi) is 8.29. The van der Waals surface area contributed by atoms with E-state index in [1.54, 1.807) is 20.3 Å². The van der Waals surface area contributed by atoms with Crippen molar-refractivity contribution in [3.63, 3.8) is 0 Å². The Hall–Kier alpha value is -2.78. The fourth-order valence-electron chi connectivity index (χ4n) is 2.56. The summed E-state index contributed by atoms with van der Waals surface area (Å²) in [7, 11) is -0.549. The van der Waals surface area contributed by atoms with Gasteiger partial charge in [0.05, 0.1) is 19.1 Å². The molecule has 0 atom stereocenters. The van der Waals surface area contributed by atoms with E-state index < -0.39 is 10.0 Å². The summed E-state index contributed by atoms with van der Waals surface area (Å²) < 4.78 is 43.2. The second kappa shape index (κ2) is 10.7. The van der Waals surface area contributed by atoms with Gasteiger partial charge in [0.15, 0.2) is 18.1 Å². The summed E-state index contributed by atoms with van der Waals surface area (Å²) >= 11 is 0. The number of methoxy groups -OCH3 is 2. The molecule has 9 heteroatoms. The predicted octanol–water partition coefficient (Wildman–Crippen LogP) is 1.74. The highest BCUT2D eigenvalue weighted by molar-refractivity contribution is 7.89. The third kappa shape index (κ3) is 6.65. The van der Waals surface area contributed by atoms with Crippen molar-refractivity contribution >= 4 is 15.9 Å². The van der Waals surface area contributed by atoms with Crippen LogP contribution in [0.1, 0.15) is 12.5 Å². The molecule has 0 aliphatic rings. The second-order valence-corrected chi connectivity index (χ2v) is 7.82. The van der Waals surface area contributed by atoms with Crippen molar-refractivity contribution in [1.29, 1.82) is 0 Å². The van der Waals surface area contributed by atoms with E-state index in [9.17, 15) is 13.2 Å². The van der Waals surface area contributed by atoms with Crippen LogP contribution in [0, 0.1) is 0 Å². The summed E-state index contributed by atoms with van der Waals surface area (Å²) in [6.07, 6.45) is 0.493. The van der Waals surface area contributed by atoms with E-state index in [0.717, 1.165) is 5.56 Å². The third-order valence-corrected chi connectivity index (χ3v) is 5.51. The van der Waals surface area contributed by atoms with Crippen molar-refractivity contribution in [2.75, 3.05) is 33.9 Å². The fourth-order valence-corrected chi connectivity index (χ4v) is 3.59. The van der Waals surface area contributed by atoms with Crippen LogP contribution >= 0.6 is 0 Å². The van der Waals surface area contributed by atoms with Crippen molar-refractivity contribution in [2.24, 2.45) is 0 Å². The standard InChI is InChI=1S/C20H26N2O6S/c1-4-21-20(23)14-28-16-6-8-17(9-7-16)29(24,25)22-12-11-15-5-10-18(26-2)19(13-15)27-3/h5-10,13,22H,4,11-12,14H2,1-3H3,(H,21,23). The number of sulfonamides is 1. The minimum atomic E-state index is -3.66. The number of hydrogen-bond acceptors (Lipinski definition) is 6. The van der Waals surface area contributed by atoms with Gasteiger partial charge in [0, 0.05) is 13.1 Å². The van der Waals surface area contributed by atoms with Crippen LogP contribution in [0.3, 0.4) is 0 Å². The van der Waals surface area contributed by atoms with Gasteiger partial charge in [-0.25, -0.2) is 13.1 Å². The Morgan fingerprint density at radius 3 is 2.31 bits per heavy atom. The van der Waals surface area contributed by atoms with Gasteiger partial charge in [-0.2, -0.15) is 0 Å². The maximum atomic E-state index is 12.4. The average Bonchev–Trinajstić information content (AvgIpc) is 2.72. The van der Waals surface area contributed by atoms with E-state index in [-0.39, 0.29) is 24.0 Å². The van der Waals surface area contributed by atoms with E-state index in [1.807, 2.05) is 19.1 Å². The highest BCUT2D eigenvalue weighted by Crippen LogP contribution is 2.27. The van der Waals surface area contributed by atoms with Crippen molar-refractivity contribution in [3.8, 4) is 17.2 Å². The largest absolute Gasteiger partial charge is 0.493 e. The molecule has 0 aliphatic carbocycles. The van der Waals surface area contributed by atoms with Crippen LogP contribution in [-0.4, -0.2) is 48.2 Å². The molecule has 0 spiro atoms. The minimum absolute atomic E-state index is 0.121.